The third-order valence-corrected chi connectivity index (χ3v) is 7.75. The molecule has 0 bridgehead atoms. The number of hydrogen-bond donors (Lipinski definition) is 0. The van der Waals surface area contributed by atoms with E-state index in [2.05, 4.69) is 134 Å². The van der Waals surface area contributed by atoms with E-state index in [-0.39, 0.29) is 0 Å². The van der Waals surface area contributed by atoms with E-state index in [1.165, 1.54) is 38.5 Å². The molecule has 0 aliphatic carbocycles. The third-order valence-electron chi connectivity index (χ3n) is 6.80. The van der Waals surface area contributed by atoms with Crippen LogP contribution in [0.4, 0.5) is 0 Å². The molecule has 0 spiro atoms. The lowest BCUT2D eigenvalue weighted by atomic mass is 10.0. The van der Waals surface area contributed by atoms with Gasteiger partial charge in [0.05, 0.1) is 11.0 Å². The molecular weight excluding hydrogens is 562 g/mol. The van der Waals surface area contributed by atoms with E-state index in [0.717, 1.165) is 36.6 Å². The zero-order valence-corrected chi connectivity index (χ0v) is 22.0. The van der Waals surface area contributed by atoms with Crippen LogP contribution in [-0.2, 0) is 0 Å². The van der Waals surface area contributed by atoms with Gasteiger partial charge in [0.25, 0.3) is 0 Å². The van der Waals surface area contributed by atoms with Crippen LogP contribution >= 0.6 is 31.9 Å². The number of nitrogens with zero attached hydrogens (tertiary/aromatic N) is 1. The SMILES string of the molecule is Cc1cc(Br)cc2c3cc(Br)ccc3n(-c3ccc4oc5ccc(-c6ccccc6)cc5c4c3)c12. The Morgan fingerprint density at radius 3 is 2.17 bits per heavy atom. The normalized spacial score (nSPS) is 11.9. The highest BCUT2D eigenvalue weighted by Crippen LogP contribution is 2.39. The number of hydrogen-bond acceptors (Lipinski definition) is 1. The fourth-order valence-corrected chi connectivity index (χ4v) is 6.19. The predicted molar refractivity (Wildman–Crippen MR) is 154 cm³/mol. The molecule has 0 aliphatic heterocycles. The highest BCUT2D eigenvalue weighted by molar-refractivity contribution is 9.10. The van der Waals surface area contributed by atoms with Crippen molar-refractivity contribution in [1.29, 1.82) is 0 Å². The lowest BCUT2D eigenvalue weighted by Crippen LogP contribution is -1.95. The van der Waals surface area contributed by atoms with Gasteiger partial charge < -0.3 is 8.98 Å². The highest BCUT2D eigenvalue weighted by Gasteiger charge is 2.17. The van der Waals surface area contributed by atoms with Gasteiger partial charge in [0, 0.05) is 36.2 Å². The Labute approximate surface area is 219 Å². The Balaban J connectivity index is 1.53. The molecular formula is C31H19Br2NO. The first-order chi connectivity index (χ1) is 17.1. The van der Waals surface area contributed by atoms with E-state index >= 15 is 0 Å². The molecule has 35 heavy (non-hydrogen) atoms. The number of fused-ring (bicyclic) bond motifs is 6. The summed E-state index contributed by atoms with van der Waals surface area (Å²) in [7, 11) is 0. The molecule has 7 rings (SSSR count). The lowest BCUT2D eigenvalue weighted by molar-refractivity contribution is 0.669. The number of furan rings is 1. The van der Waals surface area contributed by atoms with Gasteiger partial charge in [-0.1, -0.05) is 68.3 Å². The summed E-state index contributed by atoms with van der Waals surface area (Å²) in [6.07, 6.45) is 0. The van der Waals surface area contributed by atoms with E-state index < -0.39 is 0 Å². The Morgan fingerprint density at radius 2 is 1.34 bits per heavy atom. The van der Waals surface area contributed by atoms with Crippen molar-refractivity contribution in [2.45, 2.75) is 6.92 Å². The van der Waals surface area contributed by atoms with E-state index in [0.29, 0.717) is 0 Å². The van der Waals surface area contributed by atoms with Crippen LogP contribution in [0.15, 0.2) is 110 Å². The molecule has 0 aliphatic rings. The van der Waals surface area contributed by atoms with Crippen LogP contribution < -0.4 is 0 Å². The molecule has 2 heterocycles. The Morgan fingerprint density at radius 1 is 0.600 bits per heavy atom. The first-order valence-electron chi connectivity index (χ1n) is 11.5. The smallest absolute Gasteiger partial charge is 0.135 e. The summed E-state index contributed by atoms with van der Waals surface area (Å²) >= 11 is 7.37. The number of aryl methyl sites for hydroxylation is 1. The monoisotopic (exact) mass is 579 g/mol. The van der Waals surface area contributed by atoms with E-state index in [1.54, 1.807) is 0 Å². The maximum absolute atomic E-state index is 6.22. The molecule has 0 atom stereocenters. The van der Waals surface area contributed by atoms with Crippen LogP contribution in [0.2, 0.25) is 0 Å². The Kier molecular flexibility index (Phi) is 4.70. The summed E-state index contributed by atoms with van der Waals surface area (Å²) in [4.78, 5) is 0. The summed E-state index contributed by atoms with van der Waals surface area (Å²) in [6.45, 7) is 2.18. The van der Waals surface area contributed by atoms with Gasteiger partial charge in [-0.05, 0) is 84.3 Å². The van der Waals surface area contributed by atoms with Gasteiger partial charge in [-0.2, -0.15) is 0 Å². The summed E-state index contributed by atoms with van der Waals surface area (Å²) in [6, 6.07) is 34.4. The summed E-state index contributed by atoms with van der Waals surface area (Å²) in [5.41, 5.74) is 8.95. The molecule has 2 nitrogen and oxygen atoms in total. The minimum Gasteiger partial charge on any atom is -0.456 e. The zero-order valence-electron chi connectivity index (χ0n) is 18.8. The van der Waals surface area contributed by atoms with Gasteiger partial charge in [-0.15, -0.1) is 0 Å². The van der Waals surface area contributed by atoms with E-state index in [9.17, 15) is 0 Å². The minimum absolute atomic E-state index is 0.900. The quantitative estimate of drug-likeness (QED) is 0.199. The van der Waals surface area contributed by atoms with Gasteiger partial charge >= 0.3 is 0 Å². The van der Waals surface area contributed by atoms with Crippen molar-refractivity contribution in [3.63, 3.8) is 0 Å². The molecule has 168 valence electrons. The molecule has 0 amide bonds. The standard InChI is InChI=1S/C31H19Br2NO/c1-18-13-22(33)16-27-24-15-21(32)8-10-28(24)34(31(18)27)23-9-12-30-26(17-23)25-14-20(7-11-29(25)35-30)19-5-3-2-4-6-19/h2-17H,1H3. The predicted octanol–water partition coefficient (Wildman–Crippen LogP) is 10.2. The van der Waals surface area contributed by atoms with Gasteiger partial charge in [-0.3, -0.25) is 0 Å². The van der Waals surface area contributed by atoms with Crippen LogP contribution in [0.1, 0.15) is 5.56 Å². The maximum atomic E-state index is 6.22. The average Bonchev–Trinajstić information content (AvgIpc) is 3.39. The number of benzene rings is 5. The maximum Gasteiger partial charge on any atom is 0.135 e. The van der Waals surface area contributed by atoms with Crippen LogP contribution in [0.5, 0.6) is 0 Å². The van der Waals surface area contributed by atoms with E-state index in [4.69, 9.17) is 4.42 Å². The summed E-state index contributed by atoms with van der Waals surface area (Å²) in [5, 5.41) is 4.71. The molecule has 2 aromatic heterocycles. The van der Waals surface area contributed by atoms with Gasteiger partial charge in [0.1, 0.15) is 11.2 Å². The fraction of sp³-hybridized carbons (Fsp3) is 0.0323. The highest BCUT2D eigenvalue weighted by atomic mass is 79.9. The Hall–Kier alpha value is -3.34. The molecule has 7 aromatic rings. The van der Waals surface area contributed by atoms with Crippen molar-refractivity contribution in [2.75, 3.05) is 0 Å². The van der Waals surface area contributed by atoms with Crippen molar-refractivity contribution in [1.82, 2.24) is 4.57 Å². The van der Waals surface area contributed by atoms with Crippen molar-refractivity contribution in [3.8, 4) is 16.8 Å². The molecule has 0 radical (unpaired) electrons. The fourth-order valence-electron chi connectivity index (χ4n) is 5.26. The second-order valence-electron chi connectivity index (χ2n) is 8.98. The molecule has 0 fully saturated rings. The molecule has 4 heteroatoms. The number of rotatable bonds is 2. The molecule has 5 aromatic carbocycles. The van der Waals surface area contributed by atoms with Gasteiger partial charge in [-0.25, -0.2) is 0 Å². The van der Waals surface area contributed by atoms with Crippen molar-refractivity contribution < 1.29 is 4.42 Å². The third kappa shape index (κ3) is 3.28. The molecule has 0 saturated carbocycles. The average molecular weight is 581 g/mol. The zero-order chi connectivity index (χ0) is 23.7. The number of halogens is 2. The lowest BCUT2D eigenvalue weighted by Gasteiger charge is -2.10. The first-order valence-corrected chi connectivity index (χ1v) is 13.1. The van der Waals surface area contributed by atoms with Crippen LogP contribution in [0.25, 0.3) is 60.6 Å². The largest absolute Gasteiger partial charge is 0.456 e. The molecule has 0 saturated heterocycles. The van der Waals surface area contributed by atoms with Crippen molar-refractivity contribution in [2.24, 2.45) is 0 Å². The minimum atomic E-state index is 0.900. The number of aromatic nitrogens is 1. The molecule has 0 unspecified atom stereocenters. The van der Waals surface area contributed by atoms with Crippen LogP contribution in [-0.4, -0.2) is 4.57 Å². The Bertz CT molecular complexity index is 1930. The van der Waals surface area contributed by atoms with Gasteiger partial charge in [0.15, 0.2) is 0 Å². The second-order valence-corrected chi connectivity index (χ2v) is 10.8. The van der Waals surface area contributed by atoms with Gasteiger partial charge in [0.2, 0.25) is 0 Å². The second kappa shape index (κ2) is 7.84. The first kappa shape index (κ1) is 21.0. The molecule has 0 N–H and O–H groups in total. The van der Waals surface area contributed by atoms with E-state index in [1.807, 2.05) is 6.07 Å². The topological polar surface area (TPSA) is 18.1 Å². The van der Waals surface area contributed by atoms with Crippen LogP contribution in [0.3, 0.4) is 0 Å². The summed E-state index contributed by atoms with van der Waals surface area (Å²) in [5.74, 6) is 0. The summed E-state index contributed by atoms with van der Waals surface area (Å²) < 4.78 is 10.8. The van der Waals surface area contributed by atoms with Crippen molar-refractivity contribution >= 4 is 75.6 Å². The van der Waals surface area contributed by atoms with Crippen LogP contribution in [0, 0.1) is 6.92 Å². The van der Waals surface area contributed by atoms with Crippen molar-refractivity contribution in [3.05, 3.63) is 112 Å².